The fourth-order valence-electron chi connectivity index (χ4n) is 13.8. The van der Waals surface area contributed by atoms with Crippen molar-refractivity contribution in [1.29, 1.82) is 0 Å². The van der Waals surface area contributed by atoms with Crippen LogP contribution in [0.2, 0.25) is 0 Å². The number of rotatable bonds is 3. The number of esters is 1. The van der Waals surface area contributed by atoms with Gasteiger partial charge < -0.3 is 46.7 Å². The zero-order valence-corrected chi connectivity index (χ0v) is 40.6. The van der Waals surface area contributed by atoms with Gasteiger partial charge in [0, 0.05) is 73.7 Å². The third-order valence-electron chi connectivity index (χ3n) is 17.2. The highest BCUT2D eigenvalue weighted by Gasteiger charge is 2.57. The molecule has 358 valence electrons. The Bertz CT molecular complexity index is 2020. The number of dihydropyridines is 1. The van der Waals surface area contributed by atoms with Crippen molar-refractivity contribution in [3.8, 4) is 11.5 Å². The topological polar surface area (TPSA) is 185 Å². The number of aliphatic imine (C=N–C) groups is 1. The number of fused-ring (bicyclic) bond motifs is 14. The van der Waals surface area contributed by atoms with Crippen LogP contribution in [-0.2, 0) is 33.7 Å². The minimum atomic E-state index is -0.772. The van der Waals surface area contributed by atoms with Crippen LogP contribution in [-0.4, -0.2) is 81.0 Å². The van der Waals surface area contributed by atoms with Gasteiger partial charge in [-0.05, 0) is 151 Å². The van der Waals surface area contributed by atoms with Crippen LogP contribution in [0.3, 0.4) is 0 Å². The van der Waals surface area contributed by atoms with Crippen molar-refractivity contribution >= 4 is 39.4 Å². The van der Waals surface area contributed by atoms with E-state index in [1.165, 1.54) is 45.4 Å². The molecule has 1 aromatic rings. The molecule has 9 aliphatic rings. The molecule has 8 N–H and O–H groups in total. The average Bonchev–Trinajstić information content (AvgIpc) is 4.04. The molecular weight excluding hydrogens is 857 g/mol. The Morgan fingerprint density at radius 2 is 1.78 bits per heavy atom. The van der Waals surface area contributed by atoms with Gasteiger partial charge in [0.1, 0.15) is 16.6 Å². The number of phenols is 1. The number of nitrogens with one attached hydrogen (secondary N) is 2. The molecule has 4 saturated carbocycles. The van der Waals surface area contributed by atoms with E-state index in [2.05, 4.69) is 22.8 Å². The van der Waals surface area contributed by atoms with Crippen molar-refractivity contribution in [1.82, 2.24) is 15.5 Å². The zero-order valence-electron chi connectivity index (χ0n) is 38.9. The summed E-state index contributed by atoms with van der Waals surface area (Å²) in [5, 5.41) is 31.0. The second kappa shape index (κ2) is 19.8. The lowest BCUT2D eigenvalue weighted by atomic mass is 9.72. The molecule has 65 heavy (non-hydrogen) atoms. The summed E-state index contributed by atoms with van der Waals surface area (Å²) in [4.78, 5) is 34.0. The predicted octanol–water partition coefficient (Wildman–Crippen LogP) is 8.41. The predicted molar refractivity (Wildman–Crippen MR) is 260 cm³/mol. The van der Waals surface area contributed by atoms with Gasteiger partial charge in [0.05, 0.1) is 11.9 Å². The number of hydrogen-bond acceptors (Lipinski definition) is 13. The van der Waals surface area contributed by atoms with Crippen molar-refractivity contribution in [2.24, 2.45) is 39.1 Å². The molecule has 6 bridgehead atoms. The molecule has 14 heteroatoms. The summed E-state index contributed by atoms with van der Waals surface area (Å²) in [7, 11) is 3.98. The number of carbonyl (C=O) groups is 2. The average molecular weight is 933 g/mol. The Balaban J connectivity index is 1.04. The molecule has 4 aliphatic carbocycles. The Labute approximate surface area is 395 Å². The van der Waals surface area contributed by atoms with E-state index in [0.717, 1.165) is 99.5 Å². The van der Waals surface area contributed by atoms with E-state index in [9.17, 15) is 19.8 Å². The van der Waals surface area contributed by atoms with E-state index in [1.54, 1.807) is 0 Å². The van der Waals surface area contributed by atoms with Crippen LogP contribution >= 0.6 is 21.6 Å². The van der Waals surface area contributed by atoms with Crippen molar-refractivity contribution < 1.29 is 29.3 Å². The molecule has 1 amide bonds. The van der Waals surface area contributed by atoms with Gasteiger partial charge >= 0.3 is 5.97 Å². The van der Waals surface area contributed by atoms with Gasteiger partial charge in [-0.15, -0.1) is 0 Å². The van der Waals surface area contributed by atoms with Crippen LogP contribution in [0.15, 0.2) is 34.6 Å². The van der Waals surface area contributed by atoms with Gasteiger partial charge in [0.15, 0.2) is 17.5 Å². The van der Waals surface area contributed by atoms with Crippen molar-refractivity contribution in [3.05, 3.63) is 46.3 Å². The maximum absolute atomic E-state index is 14.4. The van der Waals surface area contributed by atoms with Crippen LogP contribution in [0.25, 0.3) is 0 Å². The Kier molecular flexibility index (Phi) is 14.3. The molecule has 5 aliphatic heterocycles. The van der Waals surface area contributed by atoms with Gasteiger partial charge in [-0.25, -0.2) is 0 Å². The van der Waals surface area contributed by atoms with Crippen LogP contribution in [0, 0.1) is 22.7 Å². The first-order chi connectivity index (χ1) is 31.4. The van der Waals surface area contributed by atoms with E-state index in [1.807, 2.05) is 32.6 Å². The maximum Gasteiger partial charge on any atom is 0.303 e. The summed E-state index contributed by atoms with van der Waals surface area (Å²) < 4.78 is 13.1. The Hall–Kier alpha value is -3.23. The number of nitrogens with zero attached hydrogens (tertiary/aromatic N) is 2. The second-order valence-corrected chi connectivity index (χ2v) is 24.2. The molecule has 0 radical (unpaired) electrons. The van der Waals surface area contributed by atoms with Crippen LogP contribution in [0.4, 0.5) is 0 Å². The summed E-state index contributed by atoms with van der Waals surface area (Å²) in [6.45, 7) is 3.39. The fourth-order valence-corrected chi connectivity index (χ4v) is 17.4. The van der Waals surface area contributed by atoms with Gasteiger partial charge in [0.2, 0.25) is 5.91 Å². The minimum Gasteiger partial charge on any atom is -0.504 e. The van der Waals surface area contributed by atoms with E-state index in [-0.39, 0.29) is 46.5 Å². The number of guanidine groups is 1. The number of amides is 1. The van der Waals surface area contributed by atoms with Crippen LogP contribution < -0.4 is 26.8 Å². The van der Waals surface area contributed by atoms with Crippen LogP contribution in [0.1, 0.15) is 165 Å². The molecule has 2 spiro atoms. The molecule has 5 fully saturated rings. The number of aliphatic hydroxyl groups is 1. The smallest absolute Gasteiger partial charge is 0.303 e. The lowest BCUT2D eigenvalue weighted by molar-refractivity contribution is -0.168. The second-order valence-electron chi connectivity index (χ2n) is 21.5. The summed E-state index contributed by atoms with van der Waals surface area (Å²) >= 11 is 0. The van der Waals surface area contributed by atoms with E-state index < -0.39 is 17.1 Å². The number of hydrogen-bond donors (Lipinski definition) is 6. The summed E-state index contributed by atoms with van der Waals surface area (Å²) in [5.41, 5.74) is 16.1. The van der Waals surface area contributed by atoms with Crippen LogP contribution in [0.5, 0.6) is 11.5 Å². The van der Waals surface area contributed by atoms with Crippen molar-refractivity contribution in [3.63, 3.8) is 0 Å². The molecule has 0 aromatic heterocycles. The number of ether oxygens (including phenoxy) is 2. The van der Waals surface area contributed by atoms with E-state index in [0.29, 0.717) is 87.2 Å². The first kappa shape index (κ1) is 46.9. The first-order valence-corrected chi connectivity index (χ1v) is 27.7. The quantitative estimate of drug-likeness (QED) is 0.126. The lowest BCUT2D eigenvalue weighted by Gasteiger charge is -2.44. The largest absolute Gasteiger partial charge is 0.504 e. The fraction of sp³-hybridized carbons (Fsp3) is 0.745. The number of aryl methyl sites for hydroxylation is 1. The number of aliphatic hydroxyl groups excluding tert-OH is 1. The molecule has 5 heterocycles. The number of benzene rings is 1. The molecule has 1 aromatic carbocycles. The summed E-state index contributed by atoms with van der Waals surface area (Å²) in [6, 6.07) is 2.10. The molecular formula is C51H76N6O6S2. The van der Waals surface area contributed by atoms with Gasteiger partial charge in [-0.3, -0.25) is 14.6 Å². The highest BCUT2D eigenvalue weighted by Crippen LogP contribution is 2.63. The molecule has 7 unspecified atom stereocenters. The monoisotopic (exact) mass is 933 g/mol. The number of phenolic OH excluding ortho intramolecular Hbond substituents is 1. The first-order valence-electron chi connectivity index (χ1n) is 25.3. The highest BCUT2D eigenvalue weighted by molar-refractivity contribution is 8.77. The van der Waals surface area contributed by atoms with Gasteiger partial charge in [-0.2, -0.15) is 0 Å². The standard InChI is InChI=1S/C51H76N6O6S2/c1-34(58)63-50-21-14-36(41(59)30-50)9-3-2-6-26-64-65-51(20-8-19-49(51)17-4-5-18-49)56-47(53)55-25-23-48(29-35-16-24-54-43(52)27-35)31-44(60)57(33-48)32-39-28-38(15-22-50)40-13-12-37-10-7-11-42(37)62-46(40)45(39)61/h16,27-28,36-37,41-42,54,59,61H,2-15,17-26,29-33,52H2,1H3,(H3,53,55,56). The molecule has 10 rings (SSSR count). The SMILES string of the molecule is CC(=O)OC12CCc3cc(c(O)c4c3CCC3CCCC3O4)CN3CC(CC4=CCNC(N)=C4)(CCN=C(N)NC4(CCCC45CCCC5)SSCCCCCC(CC1)C(O)C2)CC3=O. The molecule has 12 nitrogen and oxygen atoms in total. The molecule has 1 saturated heterocycles. The van der Waals surface area contributed by atoms with Gasteiger partial charge in [-0.1, -0.05) is 53.3 Å². The number of carbonyl (C=O) groups excluding carboxylic acids is 2. The number of aromatic hydroxyl groups is 1. The summed E-state index contributed by atoms with van der Waals surface area (Å²) in [6.07, 6.45) is 26.3. The van der Waals surface area contributed by atoms with Crippen molar-refractivity contribution in [2.75, 3.05) is 25.4 Å². The highest BCUT2D eigenvalue weighted by atomic mass is 33.1. The van der Waals surface area contributed by atoms with Gasteiger partial charge in [0.25, 0.3) is 0 Å². The third-order valence-corrected chi connectivity index (χ3v) is 20.5. The number of nitrogens with two attached hydrogens (primary N) is 2. The Morgan fingerprint density at radius 3 is 2.60 bits per heavy atom. The summed E-state index contributed by atoms with van der Waals surface area (Å²) in [5.74, 6) is 3.27. The Morgan fingerprint density at radius 1 is 0.954 bits per heavy atom. The van der Waals surface area contributed by atoms with Crippen molar-refractivity contribution in [2.45, 2.75) is 190 Å². The molecule has 7 atom stereocenters. The minimum absolute atomic E-state index is 0.0534. The lowest BCUT2D eigenvalue weighted by Crippen LogP contribution is -2.55. The zero-order chi connectivity index (χ0) is 45.2. The van der Waals surface area contributed by atoms with E-state index >= 15 is 0 Å². The normalized spacial score (nSPS) is 34.6. The number of allylic oxidation sites excluding steroid dienone is 2. The third kappa shape index (κ3) is 10.2. The maximum atomic E-state index is 14.4. The van der Waals surface area contributed by atoms with E-state index in [4.69, 9.17) is 25.9 Å².